The molecule has 2 nitrogen and oxygen atoms in total. The molecule has 0 aliphatic heterocycles. The smallest absolute Gasteiger partial charge is 0.128 e. The van der Waals surface area contributed by atoms with Gasteiger partial charge in [-0.15, -0.1) is 0 Å². The molecule has 0 spiro atoms. The average Bonchev–Trinajstić information content (AvgIpc) is 2.13. The van der Waals surface area contributed by atoms with Gasteiger partial charge >= 0.3 is 0 Å². The second-order valence-corrected chi connectivity index (χ2v) is 4.85. The zero-order valence-electron chi connectivity index (χ0n) is 8.21. The molecule has 1 aromatic carbocycles. The van der Waals surface area contributed by atoms with Crippen molar-refractivity contribution in [3.63, 3.8) is 0 Å². The van der Waals surface area contributed by atoms with E-state index in [0.717, 1.165) is 17.3 Å². The highest BCUT2D eigenvalue weighted by Gasteiger charge is 2.26. The number of nitrogens with one attached hydrogen (secondary N) is 1. The first-order chi connectivity index (χ1) is 7.15. The largest absolute Gasteiger partial charge is 0.393 e. The van der Waals surface area contributed by atoms with Crippen LogP contribution in [0.3, 0.4) is 0 Å². The molecule has 2 rings (SSSR count). The lowest BCUT2D eigenvalue weighted by atomic mass is 9.89. The van der Waals surface area contributed by atoms with Crippen LogP contribution in [0.2, 0.25) is 0 Å². The van der Waals surface area contributed by atoms with E-state index in [9.17, 15) is 4.39 Å². The third-order valence-electron chi connectivity index (χ3n) is 2.71. The number of hydrogen-bond acceptors (Lipinski definition) is 2. The van der Waals surface area contributed by atoms with Gasteiger partial charge in [0, 0.05) is 22.6 Å². The fourth-order valence-electron chi connectivity index (χ4n) is 1.67. The van der Waals surface area contributed by atoms with Gasteiger partial charge in [0.15, 0.2) is 0 Å². The van der Waals surface area contributed by atoms with Crippen LogP contribution < -0.4 is 5.32 Å². The van der Waals surface area contributed by atoms with Crippen LogP contribution in [-0.2, 0) is 6.54 Å². The van der Waals surface area contributed by atoms with Crippen molar-refractivity contribution in [2.45, 2.75) is 31.5 Å². The molecule has 1 aromatic rings. The van der Waals surface area contributed by atoms with Crippen molar-refractivity contribution in [2.75, 3.05) is 0 Å². The van der Waals surface area contributed by atoms with Crippen molar-refractivity contribution in [1.82, 2.24) is 5.32 Å². The SMILES string of the molecule is OC1CC(NCc2ccc(Br)cc2F)C1. The predicted octanol–water partition coefficient (Wildman–Crippen LogP) is 2.20. The molecule has 0 amide bonds. The molecule has 0 heterocycles. The van der Waals surface area contributed by atoms with E-state index in [4.69, 9.17) is 5.11 Å². The van der Waals surface area contributed by atoms with Gasteiger partial charge in [0.1, 0.15) is 5.82 Å². The minimum absolute atomic E-state index is 0.169. The Morgan fingerprint density at radius 2 is 2.20 bits per heavy atom. The van der Waals surface area contributed by atoms with Gasteiger partial charge in [-0.1, -0.05) is 22.0 Å². The highest BCUT2D eigenvalue weighted by molar-refractivity contribution is 9.10. The normalized spacial score (nSPS) is 25.0. The Hall–Kier alpha value is -0.450. The van der Waals surface area contributed by atoms with Gasteiger partial charge in [-0.2, -0.15) is 0 Å². The number of aliphatic hydroxyl groups excluding tert-OH is 1. The van der Waals surface area contributed by atoms with E-state index in [2.05, 4.69) is 21.2 Å². The van der Waals surface area contributed by atoms with Crippen LogP contribution in [0.4, 0.5) is 4.39 Å². The number of halogens is 2. The summed E-state index contributed by atoms with van der Waals surface area (Å²) in [7, 11) is 0. The second-order valence-electron chi connectivity index (χ2n) is 3.94. The van der Waals surface area contributed by atoms with Crippen LogP contribution in [-0.4, -0.2) is 17.3 Å². The van der Waals surface area contributed by atoms with Crippen molar-refractivity contribution in [3.05, 3.63) is 34.1 Å². The Morgan fingerprint density at radius 1 is 1.47 bits per heavy atom. The lowest BCUT2D eigenvalue weighted by Crippen LogP contribution is -2.43. The fourth-order valence-corrected chi connectivity index (χ4v) is 2.01. The summed E-state index contributed by atoms with van der Waals surface area (Å²) < 4.78 is 14.1. The quantitative estimate of drug-likeness (QED) is 0.885. The third kappa shape index (κ3) is 2.77. The third-order valence-corrected chi connectivity index (χ3v) is 3.20. The molecule has 15 heavy (non-hydrogen) atoms. The molecule has 2 N–H and O–H groups in total. The highest BCUT2D eigenvalue weighted by atomic mass is 79.9. The Bertz CT molecular complexity index is 352. The minimum Gasteiger partial charge on any atom is -0.393 e. The second kappa shape index (κ2) is 4.60. The maximum Gasteiger partial charge on any atom is 0.128 e. The first-order valence-electron chi connectivity index (χ1n) is 5.00. The van der Waals surface area contributed by atoms with Crippen molar-refractivity contribution >= 4 is 15.9 Å². The molecule has 0 radical (unpaired) electrons. The summed E-state index contributed by atoms with van der Waals surface area (Å²) in [6, 6.07) is 5.40. The van der Waals surface area contributed by atoms with Crippen molar-refractivity contribution in [2.24, 2.45) is 0 Å². The van der Waals surface area contributed by atoms with E-state index in [-0.39, 0.29) is 11.9 Å². The molecule has 1 aliphatic rings. The Kier molecular flexibility index (Phi) is 3.38. The van der Waals surface area contributed by atoms with Gasteiger partial charge in [-0.25, -0.2) is 4.39 Å². The Morgan fingerprint density at radius 3 is 2.80 bits per heavy atom. The maximum absolute atomic E-state index is 13.4. The number of aliphatic hydroxyl groups is 1. The van der Waals surface area contributed by atoms with E-state index in [1.807, 2.05) is 6.07 Å². The van der Waals surface area contributed by atoms with Gasteiger partial charge in [-0.3, -0.25) is 0 Å². The average molecular weight is 274 g/mol. The van der Waals surface area contributed by atoms with Gasteiger partial charge in [0.2, 0.25) is 0 Å². The van der Waals surface area contributed by atoms with E-state index in [1.165, 1.54) is 6.07 Å². The molecule has 82 valence electrons. The molecular formula is C11H13BrFNO. The van der Waals surface area contributed by atoms with Crippen LogP contribution in [0.15, 0.2) is 22.7 Å². The standard InChI is InChI=1S/C11H13BrFNO/c12-8-2-1-7(11(13)3-8)6-14-9-4-10(15)5-9/h1-3,9-10,14-15H,4-6H2. The molecule has 1 aliphatic carbocycles. The van der Waals surface area contributed by atoms with Crippen molar-refractivity contribution in [1.29, 1.82) is 0 Å². The topological polar surface area (TPSA) is 32.3 Å². The summed E-state index contributed by atoms with van der Waals surface area (Å²) in [5.74, 6) is -0.197. The summed E-state index contributed by atoms with van der Waals surface area (Å²) in [6.45, 7) is 0.524. The molecule has 1 fully saturated rings. The van der Waals surface area contributed by atoms with Crippen LogP contribution in [0.1, 0.15) is 18.4 Å². The molecule has 0 aromatic heterocycles. The maximum atomic E-state index is 13.4. The van der Waals surface area contributed by atoms with Gasteiger partial charge in [0.25, 0.3) is 0 Å². The van der Waals surface area contributed by atoms with Gasteiger partial charge in [-0.05, 0) is 25.0 Å². The van der Waals surface area contributed by atoms with Gasteiger partial charge < -0.3 is 10.4 Å². The van der Waals surface area contributed by atoms with Crippen LogP contribution in [0, 0.1) is 5.82 Å². The van der Waals surface area contributed by atoms with E-state index in [0.29, 0.717) is 18.2 Å². The molecule has 0 bridgehead atoms. The molecule has 1 saturated carbocycles. The van der Waals surface area contributed by atoms with Crippen molar-refractivity contribution in [3.8, 4) is 0 Å². The number of benzene rings is 1. The number of hydrogen-bond donors (Lipinski definition) is 2. The zero-order valence-corrected chi connectivity index (χ0v) is 9.80. The van der Waals surface area contributed by atoms with Crippen molar-refractivity contribution < 1.29 is 9.50 Å². The van der Waals surface area contributed by atoms with Crippen LogP contribution >= 0.6 is 15.9 Å². The Balaban J connectivity index is 1.88. The first kappa shape index (κ1) is 11.0. The van der Waals surface area contributed by atoms with E-state index in [1.54, 1.807) is 6.07 Å². The highest BCUT2D eigenvalue weighted by Crippen LogP contribution is 2.21. The molecular weight excluding hydrogens is 261 g/mol. The lowest BCUT2D eigenvalue weighted by molar-refractivity contribution is 0.0618. The molecule has 0 atom stereocenters. The van der Waals surface area contributed by atoms with E-state index >= 15 is 0 Å². The predicted molar refractivity (Wildman–Crippen MR) is 60.0 cm³/mol. The van der Waals surface area contributed by atoms with E-state index < -0.39 is 0 Å². The monoisotopic (exact) mass is 273 g/mol. The summed E-state index contributed by atoms with van der Waals surface area (Å²) in [5.41, 5.74) is 0.666. The molecule has 0 unspecified atom stereocenters. The first-order valence-corrected chi connectivity index (χ1v) is 5.80. The number of rotatable bonds is 3. The van der Waals surface area contributed by atoms with Crippen LogP contribution in [0.5, 0.6) is 0 Å². The zero-order chi connectivity index (χ0) is 10.8. The molecule has 0 saturated heterocycles. The Labute approximate surface area is 96.6 Å². The lowest BCUT2D eigenvalue weighted by Gasteiger charge is -2.32. The summed E-state index contributed by atoms with van der Waals surface area (Å²) >= 11 is 3.22. The fraction of sp³-hybridized carbons (Fsp3) is 0.455. The van der Waals surface area contributed by atoms with Crippen LogP contribution in [0.25, 0.3) is 0 Å². The summed E-state index contributed by atoms with van der Waals surface area (Å²) in [5, 5.41) is 12.3. The summed E-state index contributed by atoms with van der Waals surface area (Å²) in [4.78, 5) is 0. The van der Waals surface area contributed by atoms with Gasteiger partial charge in [0.05, 0.1) is 6.10 Å². The summed E-state index contributed by atoms with van der Waals surface area (Å²) in [6.07, 6.45) is 1.38. The molecule has 4 heteroatoms. The minimum atomic E-state index is -0.197.